The number of rotatable bonds is 7. The van der Waals surface area contributed by atoms with Gasteiger partial charge in [0.1, 0.15) is 0 Å². The Morgan fingerprint density at radius 3 is 2.74 bits per heavy atom. The molecular formula is C18H30N4O. The van der Waals surface area contributed by atoms with Gasteiger partial charge in [0.05, 0.1) is 12.2 Å². The average molecular weight is 318 g/mol. The molecule has 1 aliphatic heterocycles. The average Bonchev–Trinajstić information content (AvgIpc) is 2.99. The van der Waals surface area contributed by atoms with Gasteiger partial charge >= 0.3 is 0 Å². The number of carbonyl (C=O) groups excluding carboxylic acids is 1. The SMILES string of the molecule is CCc1ccc(CN(C)C(=O)CCN(C)[C@H]2CCN(C)C2)nc1. The summed E-state index contributed by atoms with van der Waals surface area (Å²) in [6.45, 7) is 5.78. The Hall–Kier alpha value is -1.46. The molecule has 2 rings (SSSR count). The normalized spacial score (nSPS) is 18.6. The number of aromatic nitrogens is 1. The summed E-state index contributed by atoms with van der Waals surface area (Å²) in [6.07, 6.45) is 4.66. The summed E-state index contributed by atoms with van der Waals surface area (Å²) in [6, 6.07) is 4.69. The molecule has 0 saturated carbocycles. The van der Waals surface area contributed by atoms with Gasteiger partial charge in [-0.25, -0.2) is 0 Å². The molecule has 0 aromatic carbocycles. The Morgan fingerprint density at radius 1 is 1.39 bits per heavy atom. The van der Waals surface area contributed by atoms with Crippen LogP contribution in [0.2, 0.25) is 0 Å². The van der Waals surface area contributed by atoms with Gasteiger partial charge in [-0.15, -0.1) is 0 Å². The third-order valence-electron chi connectivity index (χ3n) is 4.79. The van der Waals surface area contributed by atoms with Gasteiger partial charge in [-0.1, -0.05) is 13.0 Å². The van der Waals surface area contributed by atoms with E-state index in [4.69, 9.17) is 0 Å². The van der Waals surface area contributed by atoms with E-state index in [9.17, 15) is 4.79 Å². The van der Waals surface area contributed by atoms with Crippen molar-refractivity contribution in [3.8, 4) is 0 Å². The monoisotopic (exact) mass is 318 g/mol. The number of pyridine rings is 1. The first-order valence-corrected chi connectivity index (χ1v) is 8.56. The van der Waals surface area contributed by atoms with Crippen LogP contribution in [0.3, 0.4) is 0 Å². The lowest BCUT2D eigenvalue weighted by Gasteiger charge is -2.25. The van der Waals surface area contributed by atoms with Gasteiger partial charge in [-0.2, -0.15) is 0 Å². The highest BCUT2D eigenvalue weighted by molar-refractivity contribution is 5.76. The Labute approximate surface area is 140 Å². The van der Waals surface area contributed by atoms with E-state index < -0.39 is 0 Å². The van der Waals surface area contributed by atoms with E-state index in [1.165, 1.54) is 12.0 Å². The molecule has 1 fully saturated rings. The minimum absolute atomic E-state index is 0.185. The van der Waals surface area contributed by atoms with E-state index >= 15 is 0 Å². The first-order valence-electron chi connectivity index (χ1n) is 8.56. The maximum Gasteiger partial charge on any atom is 0.223 e. The number of likely N-dealkylation sites (tertiary alicyclic amines) is 1. The molecule has 0 aliphatic carbocycles. The number of hydrogen-bond donors (Lipinski definition) is 0. The highest BCUT2D eigenvalue weighted by Crippen LogP contribution is 2.13. The third-order valence-corrected chi connectivity index (χ3v) is 4.79. The number of carbonyl (C=O) groups is 1. The standard InChI is InChI=1S/C18H30N4O/c1-5-15-6-7-16(19-12-15)13-22(4)18(23)9-11-21(3)17-8-10-20(2)14-17/h6-7,12,17H,5,8-11,13-14H2,1-4H3/t17-/m0/s1. The Balaban J connectivity index is 1.75. The zero-order valence-electron chi connectivity index (χ0n) is 15.0. The maximum absolute atomic E-state index is 12.3. The summed E-state index contributed by atoms with van der Waals surface area (Å²) >= 11 is 0. The molecule has 0 unspecified atom stereocenters. The maximum atomic E-state index is 12.3. The smallest absolute Gasteiger partial charge is 0.223 e. The Bertz CT molecular complexity index is 502. The fourth-order valence-corrected chi connectivity index (χ4v) is 3.01. The number of aryl methyl sites for hydroxylation is 1. The lowest BCUT2D eigenvalue weighted by atomic mass is 10.2. The quantitative estimate of drug-likeness (QED) is 0.766. The van der Waals surface area contributed by atoms with E-state index in [2.05, 4.69) is 41.9 Å². The van der Waals surface area contributed by atoms with E-state index in [1.807, 2.05) is 19.3 Å². The summed E-state index contributed by atoms with van der Waals surface area (Å²) < 4.78 is 0. The first-order chi connectivity index (χ1) is 11.0. The molecule has 128 valence electrons. The number of amides is 1. The Morgan fingerprint density at radius 2 is 2.17 bits per heavy atom. The summed E-state index contributed by atoms with van der Waals surface area (Å²) in [5, 5.41) is 0. The van der Waals surface area contributed by atoms with Crippen LogP contribution in [-0.2, 0) is 17.8 Å². The van der Waals surface area contributed by atoms with Crippen LogP contribution >= 0.6 is 0 Å². The molecule has 1 saturated heterocycles. The van der Waals surface area contributed by atoms with E-state index in [0.717, 1.165) is 31.7 Å². The van der Waals surface area contributed by atoms with Gasteiger partial charge in [0.2, 0.25) is 5.91 Å². The molecule has 2 heterocycles. The second kappa shape index (κ2) is 8.41. The molecule has 1 atom stereocenters. The van der Waals surface area contributed by atoms with Crippen LogP contribution in [0.1, 0.15) is 31.0 Å². The molecule has 5 nitrogen and oxygen atoms in total. The highest BCUT2D eigenvalue weighted by Gasteiger charge is 2.23. The molecule has 5 heteroatoms. The summed E-state index contributed by atoms with van der Waals surface area (Å²) in [4.78, 5) is 23.2. The molecule has 0 N–H and O–H groups in total. The predicted octanol–water partition coefficient (Wildman–Crippen LogP) is 1.63. The predicted molar refractivity (Wildman–Crippen MR) is 93.2 cm³/mol. The van der Waals surface area contributed by atoms with Crippen LogP contribution in [0.25, 0.3) is 0 Å². The molecule has 23 heavy (non-hydrogen) atoms. The lowest BCUT2D eigenvalue weighted by Crippen LogP contribution is -2.37. The van der Waals surface area contributed by atoms with Crippen LogP contribution in [0, 0.1) is 0 Å². The molecule has 0 bridgehead atoms. The minimum atomic E-state index is 0.185. The van der Waals surface area contributed by atoms with E-state index in [1.54, 1.807) is 4.90 Å². The minimum Gasteiger partial charge on any atom is -0.340 e. The van der Waals surface area contributed by atoms with Gasteiger partial charge in [-0.3, -0.25) is 9.78 Å². The first kappa shape index (κ1) is 17.9. The van der Waals surface area contributed by atoms with Crippen molar-refractivity contribution in [1.29, 1.82) is 0 Å². The zero-order chi connectivity index (χ0) is 16.8. The summed E-state index contributed by atoms with van der Waals surface area (Å²) in [5.74, 6) is 0.185. The van der Waals surface area contributed by atoms with Gasteiger partial charge in [0, 0.05) is 38.8 Å². The molecule has 1 amide bonds. The van der Waals surface area contributed by atoms with Crippen molar-refractivity contribution >= 4 is 5.91 Å². The molecule has 1 aliphatic rings. The van der Waals surface area contributed by atoms with E-state index in [-0.39, 0.29) is 5.91 Å². The fraction of sp³-hybridized carbons (Fsp3) is 0.667. The number of nitrogens with zero attached hydrogens (tertiary/aromatic N) is 4. The van der Waals surface area contributed by atoms with E-state index in [0.29, 0.717) is 19.0 Å². The zero-order valence-corrected chi connectivity index (χ0v) is 15.0. The van der Waals surface area contributed by atoms with Gasteiger partial charge in [-0.05, 0) is 45.1 Å². The van der Waals surface area contributed by atoms with Crippen LogP contribution in [-0.4, -0.2) is 72.4 Å². The molecule has 0 radical (unpaired) electrons. The fourth-order valence-electron chi connectivity index (χ4n) is 3.01. The van der Waals surface area contributed by atoms with Crippen LogP contribution in [0.4, 0.5) is 0 Å². The molecule has 1 aromatic rings. The van der Waals surface area contributed by atoms with Gasteiger partial charge in [0.15, 0.2) is 0 Å². The largest absolute Gasteiger partial charge is 0.340 e. The Kier molecular flexibility index (Phi) is 6.54. The summed E-state index contributed by atoms with van der Waals surface area (Å²) in [7, 11) is 6.15. The number of likely N-dealkylation sites (N-methyl/N-ethyl adjacent to an activating group) is 2. The van der Waals surface area contributed by atoms with Crippen LogP contribution < -0.4 is 0 Å². The van der Waals surface area contributed by atoms with Crippen molar-refractivity contribution in [2.45, 2.75) is 38.8 Å². The third kappa shape index (κ3) is 5.29. The van der Waals surface area contributed by atoms with Crippen molar-refractivity contribution in [2.75, 3.05) is 40.8 Å². The summed E-state index contributed by atoms with van der Waals surface area (Å²) in [5.41, 5.74) is 2.18. The van der Waals surface area contributed by atoms with Crippen LogP contribution in [0.5, 0.6) is 0 Å². The topological polar surface area (TPSA) is 39.7 Å². The molecule has 1 aromatic heterocycles. The molecule has 0 spiro atoms. The second-order valence-corrected chi connectivity index (χ2v) is 6.70. The van der Waals surface area contributed by atoms with Gasteiger partial charge < -0.3 is 14.7 Å². The van der Waals surface area contributed by atoms with Crippen molar-refractivity contribution in [3.05, 3.63) is 29.6 Å². The van der Waals surface area contributed by atoms with Crippen molar-refractivity contribution in [2.24, 2.45) is 0 Å². The van der Waals surface area contributed by atoms with Crippen molar-refractivity contribution in [3.63, 3.8) is 0 Å². The van der Waals surface area contributed by atoms with Crippen molar-refractivity contribution < 1.29 is 4.79 Å². The molecular weight excluding hydrogens is 288 g/mol. The van der Waals surface area contributed by atoms with Crippen molar-refractivity contribution in [1.82, 2.24) is 19.7 Å². The van der Waals surface area contributed by atoms with Gasteiger partial charge in [0.25, 0.3) is 0 Å². The highest BCUT2D eigenvalue weighted by atomic mass is 16.2. The second-order valence-electron chi connectivity index (χ2n) is 6.70. The van der Waals surface area contributed by atoms with Crippen LogP contribution in [0.15, 0.2) is 18.3 Å². The lowest BCUT2D eigenvalue weighted by molar-refractivity contribution is -0.130. The number of hydrogen-bond acceptors (Lipinski definition) is 4.